The van der Waals surface area contributed by atoms with Crippen molar-refractivity contribution in [3.05, 3.63) is 30.0 Å². The molecule has 1 heterocycles. The molecule has 0 aliphatic carbocycles. The van der Waals surface area contributed by atoms with Crippen molar-refractivity contribution in [1.82, 2.24) is 15.1 Å². The second kappa shape index (κ2) is 7.13. The smallest absolute Gasteiger partial charge is 0.161 e. The van der Waals surface area contributed by atoms with Crippen molar-refractivity contribution in [1.29, 1.82) is 0 Å². The predicted molar refractivity (Wildman–Crippen MR) is 83.8 cm³/mol. The summed E-state index contributed by atoms with van der Waals surface area (Å²) in [5.74, 6) is 1.48. The maximum Gasteiger partial charge on any atom is 0.161 e. The molecule has 0 fully saturated rings. The molecule has 5 heteroatoms. The molecule has 0 atom stereocenters. The first-order valence-electron chi connectivity index (χ1n) is 7.22. The van der Waals surface area contributed by atoms with Crippen LogP contribution in [0.15, 0.2) is 24.4 Å². The summed E-state index contributed by atoms with van der Waals surface area (Å²) in [4.78, 5) is 0. The highest BCUT2D eigenvalue weighted by Crippen LogP contribution is 2.35. The van der Waals surface area contributed by atoms with E-state index in [-0.39, 0.29) is 0 Å². The third-order valence-corrected chi connectivity index (χ3v) is 3.47. The normalized spacial score (nSPS) is 10.7. The highest BCUT2D eigenvalue weighted by Gasteiger charge is 2.15. The van der Waals surface area contributed by atoms with Gasteiger partial charge in [0.2, 0.25) is 0 Å². The molecule has 2 rings (SSSR count). The summed E-state index contributed by atoms with van der Waals surface area (Å²) < 4.78 is 12.8. The SMILES string of the molecule is CCNCc1cc(OC)c(OC)cc1-c1ccnn1CC. The molecule has 114 valence electrons. The topological polar surface area (TPSA) is 48.3 Å². The Morgan fingerprint density at radius 2 is 1.86 bits per heavy atom. The molecule has 0 radical (unpaired) electrons. The summed E-state index contributed by atoms with van der Waals surface area (Å²) in [5, 5.41) is 7.72. The van der Waals surface area contributed by atoms with Crippen molar-refractivity contribution < 1.29 is 9.47 Å². The molecule has 0 saturated heterocycles. The first-order valence-corrected chi connectivity index (χ1v) is 7.22. The van der Waals surface area contributed by atoms with E-state index in [2.05, 4.69) is 24.3 Å². The van der Waals surface area contributed by atoms with Gasteiger partial charge in [-0.2, -0.15) is 5.10 Å². The third-order valence-electron chi connectivity index (χ3n) is 3.47. The Labute approximate surface area is 125 Å². The van der Waals surface area contributed by atoms with Crippen molar-refractivity contribution in [2.24, 2.45) is 0 Å². The van der Waals surface area contributed by atoms with E-state index >= 15 is 0 Å². The van der Waals surface area contributed by atoms with Gasteiger partial charge in [0.15, 0.2) is 11.5 Å². The molecule has 1 aromatic carbocycles. The van der Waals surface area contributed by atoms with Crippen LogP contribution < -0.4 is 14.8 Å². The lowest BCUT2D eigenvalue weighted by Crippen LogP contribution is -2.13. The van der Waals surface area contributed by atoms with Crippen LogP contribution in [0, 0.1) is 0 Å². The minimum absolute atomic E-state index is 0.733. The monoisotopic (exact) mass is 289 g/mol. The van der Waals surface area contributed by atoms with Crippen LogP contribution in [0.2, 0.25) is 0 Å². The predicted octanol–water partition coefficient (Wildman–Crippen LogP) is 2.70. The molecule has 5 nitrogen and oxygen atoms in total. The average molecular weight is 289 g/mol. The van der Waals surface area contributed by atoms with Gasteiger partial charge in [-0.05, 0) is 37.2 Å². The van der Waals surface area contributed by atoms with E-state index in [1.807, 2.05) is 29.1 Å². The number of aromatic nitrogens is 2. The first kappa shape index (κ1) is 15.4. The highest BCUT2D eigenvalue weighted by molar-refractivity contribution is 5.68. The lowest BCUT2D eigenvalue weighted by molar-refractivity contribution is 0.354. The Bertz CT molecular complexity index is 593. The van der Waals surface area contributed by atoms with Crippen LogP contribution in [0.3, 0.4) is 0 Å². The zero-order chi connectivity index (χ0) is 15.2. The van der Waals surface area contributed by atoms with E-state index in [9.17, 15) is 0 Å². The maximum atomic E-state index is 5.43. The van der Waals surface area contributed by atoms with Gasteiger partial charge in [0.05, 0.1) is 19.9 Å². The number of methoxy groups -OCH3 is 2. The highest BCUT2D eigenvalue weighted by atomic mass is 16.5. The number of nitrogens with one attached hydrogen (secondary N) is 1. The first-order chi connectivity index (χ1) is 10.2. The van der Waals surface area contributed by atoms with Crippen LogP contribution in [0.1, 0.15) is 19.4 Å². The number of aryl methyl sites for hydroxylation is 1. The van der Waals surface area contributed by atoms with E-state index in [0.29, 0.717) is 0 Å². The number of hydrogen-bond acceptors (Lipinski definition) is 4. The molecule has 0 saturated carbocycles. The lowest BCUT2D eigenvalue weighted by Gasteiger charge is -2.16. The number of ether oxygens (including phenoxy) is 2. The van der Waals surface area contributed by atoms with Crippen molar-refractivity contribution in [3.63, 3.8) is 0 Å². The van der Waals surface area contributed by atoms with Gasteiger partial charge in [-0.1, -0.05) is 6.92 Å². The fraction of sp³-hybridized carbons (Fsp3) is 0.438. The van der Waals surface area contributed by atoms with E-state index in [1.165, 1.54) is 5.56 Å². The molecule has 1 N–H and O–H groups in total. The Balaban J connectivity index is 2.55. The molecular formula is C16H23N3O2. The van der Waals surface area contributed by atoms with Crippen molar-refractivity contribution in [3.8, 4) is 22.8 Å². The minimum atomic E-state index is 0.733. The second-order valence-corrected chi connectivity index (χ2v) is 4.68. The van der Waals surface area contributed by atoms with E-state index < -0.39 is 0 Å². The molecule has 0 spiro atoms. The Kier molecular flexibility index (Phi) is 5.22. The Morgan fingerprint density at radius 3 is 2.48 bits per heavy atom. The quantitative estimate of drug-likeness (QED) is 0.851. The van der Waals surface area contributed by atoms with E-state index in [4.69, 9.17) is 9.47 Å². The minimum Gasteiger partial charge on any atom is -0.493 e. The summed E-state index contributed by atoms with van der Waals surface area (Å²) in [6.45, 7) is 6.71. The van der Waals surface area contributed by atoms with Gasteiger partial charge in [0, 0.05) is 24.8 Å². The zero-order valence-electron chi connectivity index (χ0n) is 13.1. The van der Waals surface area contributed by atoms with Gasteiger partial charge in [0.25, 0.3) is 0 Å². The number of nitrogens with zero attached hydrogens (tertiary/aromatic N) is 2. The maximum absolute atomic E-state index is 5.43. The van der Waals surface area contributed by atoms with E-state index in [1.54, 1.807) is 14.2 Å². The molecule has 0 aliphatic rings. The van der Waals surface area contributed by atoms with Gasteiger partial charge in [0.1, 0.15) is 0 Å². The van der Waals surface area contributed by atoms with Crippen LogP contribution in [0.25, 0.3) is 11.3 Å². The Morgan fingerprint density at radius 1 is 1.14 bits per heavy atom. The molecule has 21 heavy (non-hydrogen) atoms. The fourth-order valence-corrected chi connectivity index (χ4v) is 2.38. The molecule has 0 bridgehead atoms. The Hall–Kier alpha value is -2.01. The van der Waals surface area contributed by atoms with Gasteiger partial charge < -0.3 is 14.8 Å². The summed E-state index contributed by atoms with van der Waals surface area (Å²) in [6, 6.07) is 6.08. The average Bonchev–Trinajstić information content (AvgIpc) is 3.00. The van der Waals surface area contributed by atoms with Crippen molar-refractivity contribution >= 4 is 0 Å². The van der Waals surface area contributed by atoms with Gasteiger partial charge in [-0.15, -0.1) is 0 Å². The largest absolute Gasteiger partial charge is 0.493 e. The molecule has 0 aliphatic heterocycles. The second-order valence-electron chi connectivity index (χ2n) is 4.68. The van der Waals surface area contributed by atoms with Crippen LogP contribution in [0.5, 0.6) is 11.5 Å². The van der Waals surface area contributed by atoms with Gasteiger partial charge in [-0.25, -0.2) is 0 Å². The lowest BCUT2D eigenvalue weighted by atomic mass is 10.0. The standard InChI is InChI=1S/C16H23N3O2/c1-5-17-11-12-9-15(20-3)16(21-4)10-13(12)14-7-8-18-19(14)6-2/h7-10,17H,5-6,11H2,1-4H3. The summed E-state index contributed by atoms with van der Waals surface area (Å²) >= 11 is 0. The number of rotatable bonds is 7. The van der Waals surface area contributed by atoms with Crippen LogP contribution in [-0.4, -0.2) is 30.5 Å². The van der Waals surface area contributed by atoms with Gasteiger partial charge in [-0.3, -0.25) is 4.68 Å². The molecule has 1 aromatic heterocycles. The molecule has 0 amide bonds. The number of hydrogen-bond donors (Lipinski definition) is 1. The van der Waals surface area contributed by atoms with Crippen molar-refractivity contribution in [2.75, 3.05) is 20.8 Å². The zero-order valence-corrected chi connectivity index (χ0v) is 13.1. The summed E-state index contributed by atoms with van der Waals surface area (Å²) in [7, 11) is 3.31. The fourth-order valence-electron chi connectivity index (χ4n) is 2.38. The van der Waals surface area contributed by atoms with Crippen LogP contribution in [0.4, 0.5) is 0 Å². The third kappa shape index (κ3) is 3.19. The summed E-state index contributed by atoms with van der Waals surface area (Å²) in [6.07, 6.45) is 1.83. The van der Waals surface area contributed by atoms with Crippen molar-refractivity contribution in [2.45, 2.75) is 26.9 Å². The number of benzene rings is 1. The van der Waals surface area contributed by atoms with Gasteiger partial charge >= 0.3 is 0 Å². The molecular weight excluding hydrogens is 266 g/mol. The van der Waals surface area contributed by atoms with Crippen LogP contribution >= 0.6 is 0 Å². The van der Waals surface area contributed by atoms with Crippen LogP contribution in [-0.2, 0) is 13.1 Å². The molecule has 2 aromatic rings. The van der Waals surface area contributed by atoms with E-state index in [0.717, 1.165) is 42.4 Å². The summed E-state index contributed by atoms with van der Waals surface area (Å²) in [5.41, 5.74) is 3.38. The molecule has 0 unspecified atom stereocenters.